The van der Waals surface area contributed by atoms with Crippen LogP contribution in [0.1, 0.15) is 53.4 Å². The smallest absolute Gasteiger partial charge is 0.239 e. The minimum Gasteiger partial charge on any atom is -0.338 e. The molecule has 0 amide bonds. The molecule has 0 aliphatic rings. The molecule has 0 radical (unpaired) electrons. The zero-order chi connectivity index (χ0) is 14.6. The summed E-state index contributed by atoms with van der Waals surface area (Å²) in [5.74, 6) is 2.07. The van der Waals surface area contributed by atoms with Crippen LogP contribution in [0, 0.1) is 11.8 Å². The largest absolute Gasteiger partial charge is 0.338 e. The molecule has 0 aliphatic heterocycles. The van der Waals surface area contributed by atoms with E-state index >= 15 is 0 Å². The molecular formula is C12H29O2PS2Zn. The summed E-state index contributed by atoms with van der Waals surface area (Å²) in [5, 5.41) is 3.26. The molecule has 0 fully saturated rings. The first kappa shape index (κ1) is 21.8. The third-order valence-corrected chi connectivity index (χ3v) is 8.79. The van der Waals surface area contributed by atoms with E-state index in [-0.39, 0.29) is 17.1 Å². The van der Waals surface area contributed by atoms with E-state index in [4.69, 9.17) is 9.79 Å². The van der Waals surface area contributed by atoms with Crippen molar-refractivity contribution in [2.75, 3.05) is 0 Å². The van der Waals surface area contributed by atoms with Crippen LogP contribution in [0.3, 0.4) is 0 Å². The van der Waals surface area contributed by atoms with Gasteiger partial charge in [-0.3, -0.25) is 0 Å². The second kappa shape index (κ2) is 13.5. The van der Waals surface area contributed by atoms with Crippen LogP contribution in [0.5, 0.6) is 0 Å². The molecule has 0 aromatic carbocycles. The number of thiol groups is 1. The Balaban J connectivity index is 0. The molecule has 0 saturated carbocycles. The van der Waals surface area contributed by atoms with Crippen LogP contribution in [0.4, 0.5) is 0 Å². The van der Waals surface area contributed by atoms with E-state index in [0.717, 1.165) is 11.8 Å². The van der Waals surface area contributed by atoms with Crippen molar-refractivity contribution in [3.63, 3.8) is 0 Å². The Kier molecular flexibility index (Phi) is 16.4. The minimum atomic E-state index is -3.11. The molecule has 18 heavy (non-hydrogen) atoms. The van der Waals surface area contributed by atoms with E-state index in [0.29, 0.717) is 0 Å². The fourth-order valence-electron chi connectivity index (χ4n) is 1.86. The van der Waals surface area contributed by atoms with Crippen LogP contribution in [0.25, 0.3) is 0 Å². The fraction of sp³-hybridized carbons (Fsp3) is 1.00. The molecule has 0 aliphatic carbocycles. The molecule has 2 N–H and O–H groups in total. The Morgan fingerprint density at radius 3 is 2.06 bits per heavy atom. The summed E-state index contributed by atoms with van der Waals surface area (Å²) < 4.78 is 0. The van der Waals surface area contributed by atoms with Crippen molar-refractivity contribution in [1.29, 1.82) is 0 Å². The Morgan fingerprint density at radius 2 is 1.72 bits per heavy atom. The first-order chi connectivity index (χ1) is 8.20. The fourth-order valence-corrected chi connectivity index (χ4v) is 6.74. The van der Waals surface area contributed by atoms with Gasteiger partial charge in [-0.25, -0.2) is 0 Å². The van der Waals surface area contributed by atoms with Crippen molar-refractivity contribution >= 4 is 29.7 Å². The number of unbranched alkanes of at least 4 members (excludes halogenated alkanes) is 1. The van der Waals surface area contributed by atoms with Crippen molar-refractivity contribution < 1.29 is 26.9 Å². The van der Waals surface area contributed by atoms with Crippen molar-refractivity contribution in [2.24, 2.45) is 11.8 Å². The van der Waals surface area contributed by atoms with E-state index in [9.17, 15) is 0 Å². The molecular weight excluding hydrogens is 337 g/mol. The molecule has 0 heterocycles. The maximum atomic E-state index is 7.87. The predicted octanol–water partition coefficient (Wildman–Crippen LogP) is 4.90. The maximum absolute atomic E-state index is 7.87. The van der Waals surface area contributed by atoms with Crippen molar-refractivity contribution in [3.05, 3.63) is 0 Å². The van der Waals surface area contributed by atoms with Crippen molar-refractivity contribution in [1.82, 2.24) is 0 Å². The summed E-state index contributed by atoms with van der Waals surface area (Å²) >= 11 is 6.94. The van der Waals surface area contributed by atoms with Crippen LogP contribution in [-0.4, -0.2) is 9.79 Å². The topological polar surface area (TPSA) is 40.5 Å². The molecule has 2 nitrogen and oxygen atoms in total. The quantitative estimate of drug-likeness (QED) is 0.325. The Bertz CT molecular complexity index is 214. The number of hydrogen-bond acceptors (Lipinski definition) is 1. The molecule has 0 aromatic heterocycles. The Morgan fingerprint density at radius 1 is 1.22 bits per heavy atom. The van der Waals surface area contributed by atoms with Crippen LogP contribution in [-0.2, 0) is 28.9 Å². The van der Waals surface area contributed by atoms with Crippen LogP contribution < -0.4 is 0 Å². The molecule has 108 valence electrons. The van der Waals surface area contributed by atoms with Gasteiger partial charge in [0.05, 0.1) is 0 Å². The van der Waals surface area contributed by atoms with Crippen molar-refractivity contribution in [2.45, 2.75) is 63.4 Å². The van der Waals surface area contributed by atoms with Gasteiger partial charge in [0.25, 0.3) is 0 Å². The third-order valence-electron chi connectivity index (χ3n) is 2.94. The second-order valence-corrected chi connectivity index (χ2v) is 14.2. The molecule has 0 rings (SSSR count). The van der Waals surface area contributed by atoms with Crippen LogP contribution in [0.2, 0.25) is 10.0 Å². The second-order valence-electron chi connectivity index (χ2n) is 5.25. The molecule has 1 atom stereocenters. The van der Waals surface area contributed by atoms with E-state index in [1.54, 1.807) is 10.0 Å². The zero-order valence-electron chi connectivity index (χ0n) is 12.3. The van der Waals surface area contributed by atoms with Gasteiger partial charge in [-0.2, -0.15) is 0 Å². The summed E-state index contributed by atoms with van der Waals surface area (Å²) in [6.45, 7) is 9.43. The maximum Gasteiger partial charge on any atom is 0.239 e. The summed E-state index contributed by atoms with van der Waals surface area (Å²) in [6, 6.07) is 0. The third kappa shape index (κ3) is 26.2. The van der Waals surface area contributed by atoms with Crippen LogP contribution in [0.15, 0.2) is 0 Å². The first-order valence-electron chi connectivity index (χ1n) is 6.98. The molecule has 1 unspecified atom stereocenters. The molecule has 0 spiro atoms. The van der Waals surface area contributed by atoms with Gasteiger partial charge < -0.3 is 9.79 Å². The Hall–Kier alpha value is 1.54. The standard InChI is InChI=1S/C8H17.C4H9.H3O2PS2.Zn/c1-4-6-7-8(3)5-2;1-4(2)3;1-3(2,4)5;/h8H,3-7H2,1-2H3;4H,1H2,2-3H3;(H3,1,2,4,5);. The van der Waals surface area contributed by atoms with Gasteiger partial charge in [0.2, 0.25) is 5.69 Å². The minimum absolute atomic E-state index is 0.131. The summed E-state index contributed by atoms with van der Waals surface area (Å²) in [5.41, 5.74) is -3.11. The zero-order valence-corrected chi connectivity index (χ0v) is 17.9. The molecule has 6 heteroatoms. The number of hydrogen-bond donors (Lipinski definition) is 3. The van der Waals surface area contributed by atoms with Crippen LogP contribution >= 0.6 is 17.9 Å². The average Bonchev–Trinajstić information content (AvgIpc) is 2.20. The van der Waals surface area contributed by atoms with Gasteiger partial charge >= 0.3 is 92.4 Å². The average molecular weight is 366 g/mol. The van der Waals surface area contributed by atoms with E-state index in [1.165, 1.54) is 25.7 Å². The first-order valence-corrected chi connectivity index (χ1v) is 15.0. The van der Waals surface area contributed by atoms with Gasteiger partial charge in [-0.15, -0.1) is 0 Å². The molecule has 0 bridgehead atoms. The summed E-state index contributed by atoms with van der Waals surface area (Å²) in [7, 11) is 0. The predicted molar refractivity (Wildman–Crippen MR) is 85.5 cm³/mol. The normalized spacial score (nSPS) is 12.7. The monoisotopic (exact) mass is 364 g/mol. The number of rotatable bonds is 8. The summed E-state index contributed by atoms with van der Waals surface area (Å²) in [6.07, 6.45) is 5.79. The summed E-state index contributed by atoms with van der Waals surface area (Å²) in [4.78, 5) is 15.7. The van der Waals surface area contributed by atoms with Gasteiger partial charge in [-0.05, 0) is 11.8 Å². The van der Waals surface area contributed by atoms with Gasteiger partial charge in [-0.1, -0.05) is 12.2 Å². The van der Waals surface area contributed by atoms with E-state index in [2.05, 4.69) is 51.8 Å². The molecule has 0 saturated heterocycles. The van der Waals surface area contributed by atoms with E-state index in [1.807, 2.05) is 0 Å². The van der Waals surface area contributed by atoms with Gasteiger partial charge in [0.15, 0.2) is 0 Å². The van der Waals surface area contributed by atoms with Crippen molar-refractivity contribution in [3.8, 4) is 0 Å². The Labute approximate surface area is 131 Å². The molecule has 0 aromatic rings. The van der Waals surface area contributed by atoms with Gasteiger partial charge in [0.1, 0.15) is 0 Å². The van der Waals surface area contributed by atoms with Gasteiger partial charge in [0, 0.05) is 0 Å². The van der Waals surface area contributed by atoms with E-state index < -0.39 is 5.69 Å². The SMILES string of the molecule is CCCCC(CC)[CH2][Zn][CH2]C(C)C.OP(O)(=S)S.